The van der Waals surface area contributed by atoms with Gasteiger partial charge in [0.25, 0.3) is 0 Å². The molecule has 2 aromatic rings. The molecule has 5 nitrogen and oxygen atoms in total. The van der Waals surface area contributed by atoms with E-state index in [1.165, 1.54) is 19.3 Å². The first kappa shape index (κ1) is 12.4. The van der Waals surface area contributed by atoms with Gasteiger partial charge in [-0.05, 0) is 25.0 Å². The van der Waals surface area contributed by atoms with Crippen molar-refractivity contribution in [1.82, 2.24) is 20.0 Å². The van der Waals surface area contributed by atoms with Crippen LogP contribution >= 0.6 is 0 Å². The molecule has 0 bridgehead atoms. The van der Waals surface area contributed by atoms with E-state index in [0.29, 0.717) is 0 Å². The van der Waals surface area contributed by atoms with Crippen molar-refractivity contribution in [2.75, 3.05) is 13.1 Å². The molecule has 1 aliphatic heterocycles. The zero-order chi connectivity index (χ0) is 13.1. The molecule has 0 aliphatic carbocycles. The van der Waals surface area contributed by atoms with E-state index in [9.17, 15) is 0 Å². The number of aromatic nitrogens is 2. The first-order valence-electron chi connectivity index (χ1n) is 6.86. The summed E-state index contributed by atoms with van der Waals surface area (Å²) in [5.74, 6) is 1.88. The Balaban J connectivity index is 1.82. The Morgan fingerprint density at radius 1 is 1.32 bits per heavy atom. The molecule has 0 radical (unpaired) electrons. The molecule has 2 aromatic heterocycles. The summed E-state index contributed by atoms with van der Waals surface area (Å²) in [5, 5.41) is 2.28. The number of hydrogen-bond acceptors (Lipinski definition) is 4. The first-order chi connectivity index (χ1) is 9.34. The molecular weight excluding hydrogens is 240 g/mol. The number of nitrogens with one attached hydrogen (secondary N) is 1. The van der Waals surface area contributed by atoms with Gasteiger partial charge in [0.2, 0.25) is 0 Å². The summed E-state index contributed by atoms with van der Waals surface area (Å²) in [7, 11) is 2.01. The van der Waals surface area contributed by atoms with Crippen LogP contribution in [-0.2, 0) is 7.05 Å². The van der Waals surface area contributed by atoms with E-state index in [2.05, 4.69) is 15.4 Å². The molecule has 0 aromatic carbocycles. The van der Waals surface area contributed by atoms with E-state index >= 15 is 0 Å². The average Bonchev–Trinajstić information content (AvgIpc) is 3.09. The molecule has 1 saturated heterocycles. The van der Waals surface area contributed by atoms with Gasteiger partial charge in [-0.25, -0.2) is 15.4 Å². The van der Waals surface area contributed by atoms with Crippen LogP contribution in [0.15, 0.2) is 35.2 Å². The maximum absolute atomic E-state index is 5.57. The predicted molar refractivity (Wildman–Crippen MR) is 72.3 cm³/mol. The zero-order valence-corrected chi connectivity index (χ0v) is 11.2. The molecule has 3 rings (SSSR count). The van der Waals surface area contributed by atoms with E-state index < -0.39 is 0 Å². The van der Waals surface area contributed by atoms with Crippen LogP contribution in [0.5, 0.6) is 0 Å². The van der Waals surface area contributed by atoms with Gasteiger partial charge in [-0.3, -0.25) is 0 Å². The fourth-order valence-corrected chi connectivity index (χ4v) is 2.57. The van der Waals surface area contributed by atoms with Crippen molar-refractivity contribution in [3.8, 4) is 0 Å². The van der Waals surface area contributed by atoms with Crippen LogP contribution < -0.4 is 5.43 Å². The van der Waals surface area contributed by atoms with Crippen molar-refractivity contribution in [3.63, 3.8) is 0 Å². The third-order valence-corrected chi connectivity index (χ3v) is 3.61. The van der Waals surface area contributed by atoms with Gasteiger partial charge >= 0.3 is 0 Å². The topological polar surface area (TPSA) is 46.2 Å². The Labute approximate surface area is 113 Å². The Bertz CT molecular complexity index is 499. The first-order valence-corrected chi connectivity index (χ1v) is 6.86. The number of imidazole rings is 1. The summed E-state index contributed by atoms with van der Waals surface area (Å²) in [5.41, 5.74) is 3.56. The summed E-state index contributed by atoms with van der Waals surface area (Å²) in [6.45, 7) is 2.17. The van der Waals surface area contributed by atoms with Crippen molar-refractivity contribution in [2.24, 2.45) is 7.05 Å². The Kier molecular flexibility index (Phi) is 3.66. The van der Waals surface area contributed by atoms with Crippen molar-refractivity contribution < 1.29 is 4.42 Å². The number of hydrazine groups is 1. The monoisotopic (exact) mass is 260 g/mol. The smallest absolute Gasteiger partial charge is 0.137 e. The molecular formula is C14H20N4O. The van der Waals surface area contributed by atoms with Gasteiger partial charge in [0.05, 0.1) is 6.26 Å². The molecule has 0 saturated carbocycles. The van der Waals surface area contributed by atoms with Gasteiger partial charge in [-0.1, -0.05) is 6.42 Å². The summed E-state index contributed by atoms with van der Waals surface area (Å²) < 4.78 is 7.61. The number of nitrogens with zero attached hydrogens (tertiary/aromatic N) is 3. The second-order valence-electron chi connectivity index (χ2n) is 5.02. The van der Waals surface area contributed by atoms with Crippen LogP contribution in [0.2, 0.25) is 0 Å². The van der Waals surface area contributed by atoms with E-state index in [0.717, 1.165) is 24.7 Å². The SMILES string of the molecule is Cn1ccnc1C(NN1CCCCC1)c1ccco1. The highest BCUT2D eigenvalue weighted by atomic mass is 16.3. The molecule has 1 fully saturated rings. The van der Waals surface area contributed by atoms with Gasteiger partial charge < -0.3 is 8.98 Å². The quantitative estimate of drug-likeness (QED) is 0.914. The van der Waals surface area contributed by atoms with Crippen LogP contribution in [0, 0.1) is 0 Å². The van der Waals surface area contributed by atoms with Crippen molar-refractivity contribution in [3.05, 3.63) is 42.4 Å². The maximum Gasteiger partial charge on any atom is 0.137 e. The third kappa shape index (κ3) is 2.72. The lowest BCUT2D eigenvalue weighted by Crippen LogP contribution is -2.44. The van der Waals surface area contributed by atoms with E-state index in [1.807, 2.05) is 36.1 Å². The summed E-state index contributed by atoms with van der Waals surface area (Å²) in [4.78, 5) is 4.45. The summed E-state index contributed by atoms with van der Waals surface area (Å²) >= 11 is 0. The van der Waals surface area contributed by atoms with Crippen LogP contribution in [0.1, 0.15) is 36.9 Å². The van der Waals surface area contributed by atoms with E-state index in [1.54, 1.807) is 6.26 Å². The molecule has 0 spiro atoms. The molecule has 3 heterocycles. The average molecular weight is 260 g/mol. The highest BCUT2D eigenvalue weighted by Crippen LogP contribution is 2.22. The van der Waals surface area contributed by atoms with Crippen molar-refractivity contribution >= 4 is 0 Å². The highest BCUT2D eigenvalue weighted by Gasteiger charge is 2.24. The lowest BCUT2D eigenvalue weighted by Gasteiger charge is -2.30. The molecule has 19 heavy (non-hydrogen) atoms. The number of piperidine rings is 1. The molecule has 1 unspecified atom stereocenters. The number of hydrogen-bond donors (Lipinski definition) is 1. The van der Waals surface area contributed by atoms with Crippen LogP contribution in [0.3, 0.4) is 0 Å². The third-order valence-electron chi connectivity index (χ3n) is 3.61. The minimum absolute atomic E-state index is 0.0203. The molecule has 1 aliphatic rings. The Morgan fingerprint density at radius 3 is 2.79 bits per heavy atom. The molecule has 0 amide bonds. The second kappa shape index (κ2) is 5.59. The standard InChI is InChI=1S/C14H20N4O/c1-17-10-7-15-14(17)13(12-6-5-11-19-12)16-18-8-3-2-4-9-18/h5-7,10-11,13,16H,2-4,8-9H2,1H3. The van der Waals surface area contributed by atoms with Gasteiger partial charge in [-0.2, -0.15) is 0 Å². The fraction of sp³-hybridized carbons (Fsp3) is 0.500. The zero-order valence-electron chi connectivity index (χ0n) is 11.2. The van der Waals surface area contributed by atoms with E-state index in [4.69, 9.17) is 4.42 Å². The fourth-order valence-electron chi connectivity index (χ4n) is 2.57. The van der Waals surface area contributed by atoms with Crippen molar-refractivity contribution in [2.45, 2.75) is 25.3 Å². The van der Waals surface area contributed by atoms with Crippen molar-refractivity contribution in [1.29, 1.82) is 0 Å². The maximum atomic E-state index is 5.57. The Morgan fingerprint density at radius 2 is 2.16 bits per heavy atom. The minimum Gasteiger partial charge on any atom is -0.467 e. The van der Waals surface area contributed by atoms with Gasteiger partial charge in [0.15, 0.2) is 0 Å². The highest BCUT2D eigenvalue weighted by molar-refractivity contribution is 5.15. The second-order valence-corrected chi connectivity index (χ2v) is 5.02. The molecule has 1 atom stereocenters. The van der Waals surface area contributed by atoms with Crippen LogP contribution in [0.4, 0.5) is 0 Å². The predicted octanol–water partition coefficient (Wildman–Crippen LogP) is 2.09. The summed E-state index contributed by atoms with van der Waals surface area (Å²) in [6, 6.07) is 3.90. The lowest BCUT2D eigenvalue weighted by molar-refractivity contribution is 0.128. The van der Waals surface area contributed by atoms with Gasteiger partial charge in [0.1, 0.15) is 17.6 Å². The largest absolute Gasteiger partial charge is 0.467 e. The minimum atomic E-state index is -0.0203. The van der Waals surface area contributed by atoms with E-state index in [-0.39, 0.29) is 6.04 Å². The van der Waals surface area contributed by atoms with Gasteiger partial charge in [-0.15, -0.1) is 0 Å². The molecule has 1 N–H and O–H groups in total. The molecule has 5 heteroatoms. The van der Waals surface area contributed by atoms with Crippen LogP contribution in [0.25, 0.3) is 0 Å². The lowest BCUT2D eigenvalue weighted by atomic mass is 10.1. The molecule has 102 valence electrons. The number of aryl methyl sites for hydroxylation is 1. The number of rotatable bonds is 4. The summed E-state index contributed by atoms with van der Waals surface area (Å²) in [6.07, 6.45) is 9.32. The van der Waals surface area contributed by atoms with Crippen LogP contribution in [-0.4, -0.2) is 27.6 Å². The normalized spacial score (nSPS) is 18.6. The Hall–Kier alpha value is -1.59. The number of furan rings is 1. The van der Waals surface area contributed by atoms with Gasteiger partial charge in [0, 0.05) is 32.5 Å².